The fourth-order valence-electron chi connectivity index (χ4n) is 3.16. The van der Waals surface area contributed by atoms with Gasteiger partial charge >= 0.3 is 0 Å². The molecule has 3 N–H and O–H groups in total. The van der Waals surface area contributed by atoms with Gasteiger partial charge in [-0.1, -0.05) is 12.1 Å². The summed E-state index contributed by atoms with van der Waals surface area (Å²) in [6.07, 6.45) is 4.87. The number of amides is 1. The number of nitrogens with zero attached hydrogens (tertiary/aromatic N) is 2. The SMILES string of the molecule is Cn1cc([C@H]2CNC[C@@H]2C(=O)NCc2ccc(NS(C)(=O)=O)cc2)cn1. The molecule has 0 spiro atoms. The molecule has 1 fully saturated rings. The molecule has 0 aliphatic carbocycles. The van der Waals surface area contributed by atoms with Crippen LogP contribution >= 0.6 is 0 Å². The minimum Gasteiger partial charge on any atom is -0.352 e. The molecule has 3 rings (SSSR count). The highest BCUT2D eigenvalue weighted by atomic mass is 32.2. The highest BCUT2D eigenvalue weighted by Crippen LogP contribution is 2.28. The summed E-state index contributed by atoms with van der Waals surface area (Å²) in [6.45, 7) is 1.80. The first-order chi connectivity index (χ1) is 12.3. The number of anilines is 1. The fourth-order valence-corrected chi connectivity index (χ4v) is 3.73. The summed E-state index contributed by atoms with van der Waals surface area (Å²) in [4.78, 5) is 12.6. The van der Waals surface area contributed by atoms with E-state index < -0.39 is 10.0 Å². The quantitative estimate of drug-likeness (QED) is 0.676. The largest absolute Gasteiger partial charge is 0.352 e. The molecule has 2 aromatic rings. The van der Waals surface area contributed by atoms with Crippen LogP contribution in [0.1, 0.15) is 17.0 Å². The van der Waals surface area contributed by atoms with Crippen molar-refractivity contribution in [2.75, 3.05) is 24.1 Å². The Hall–Kier alpha value is -2.39. The topological polar surface area (TPSA) is 105 Å². The maximum absolute atomic E-state index is 12.6. The highest BCUT2D eigenvalue weighted by molar-refractivity contribution is 7.92. The van der Waals surface area contributed by atoms with Crippen LogP contribution in [0, 0.1) is 5.92 Å². The van der Waals surface area contributed by atoms with Gasteiger partial charge in [0.05, 0.1) is 18.4 Å². The zero-order chi connectivity index (χ0) is 18.7. The standard InChI is InChI=1S/C17H23N5O3S/c1-22-11-13(8-20-22)15-9-18-10-16(15)17(23)19-7-12-3-5-14(6-4-12)21-26(2,24)25/h3-6,8,11,15-16,18,21H,7,9-10H2,1-2H3,(H,19,23)/t15-,16+/m1/s1. The molecular weight excluding hydrogens is 354 g/mol. The third kappa shape index (κ3) is 4.61. The van der Waals surface area contributed by atoms with E-state index >= 15 is 0 Å². The minimum atomic E-state index is -3.29. The summed E-state index contributed by atoms with van der Waals surface area (Å²) in [6, 6.07) is 6.94. The molecule has 26 heavy (non-hydrogen) atoms. The van der Waals surface area contributed by atoms with E-state index in [1.807, 2.05) is 19.4 Å². The number of nitrogens with one attached hydrogen (secondary N) is 3. The Labute approximate surface area is 153 Å². The molecule has 8 nitrogen and oxygen atoms in total. The lowest BCUT2D eigenvalue weighted by Crippen LogP contribution is -2.33. The Morgan fingerprint density at radius 1 is 1.31 bits per heavy atom. The maximum Gasteiger partial charge on any atom is 0.229 e. The molecule has 2 atom stereocenters. The first-order valence-corrected chi connectivity index (χ1v) is 10.2. The Bertz CT molecular complexity index is 876. The number of rotatable bonds is 6. The van der Waals surface area contributed by atoms with Gasteiger partial charge in [0.15, 0.2) is 0 Å². The van der Waals surface area contributed by atoms with Crippen molar-refractivity contribution >= 4 is 21.6 Å². The van der Waals surface area contributed by atoms with Gasteiger partial charge in [0, 0.05) is 44.5 Å². The lowest BCUT2D eigenvalue weighted by molar-refractivity contribution is -0.125. The van der Waals surface area contributed by atoms with E-state index in [2.05, 4.69) is 20.5 Å². The van der Waals surface area contributed by atoms with Gasteiger partial charge in [-0.3, -0.25) is 14.2 Å². The lowest BCUT2D eigenvalue weighted by Gasteiger charge is -2.17. The minimum absolute atomic E-state index is 0.00203. The van der Waals surface area contributed by atoms with Crippen LogP contribution in [-0.4, -0.2) is 43.5 Å². The van der Waals surface area contributed by atoms with Crippen LogP contribution in [0.25, 0.3) is 0 Å². The number of hydrogen-bond donors (Lipinski definition) is 3. The molecule has 0 bridgehead atoms. The summed E-state index contributed by atoms with van der Waals surface area (Å²) in [5.41, 5.74) is 2.47. The Morgan fingerprint density at radius 2 is 2.04 bits per heavy atom. The van der Waals surface area contributed by atoms with Gasteiger partial charge in [-0.05, 0) is 23.3 Å². The van der Waals surface area contributed by atoms with E-state index in [-0.39, 0.29) is 17.7 Å². The summed E-state index contributed by atoms with van der Waals surface area (Å²) >= 11 is 0. The van der Waals surface area contributed by atoms with Crippen LogP contribution in [0.2, 0.25) is 0 Å². The lowest BCUT2D eigenvalue weighted by atomic mass is 9.90. The molecule has 1 amide bonds. The van der Waals surface area contributed by atoms with Crippen molar-refractivity contribution in [2.24, 2.45) is 13.0 Å². The molecule has 0 saturated carbocycles. The van der Waals surface area contributed by atoms with Gasteiger partial charge < -0.3 is 10.6 Å². The monoisotopic (exact) mass is 377 g/mol. The Balaban J connectivity index is 1.58. The zero-order valence-corrected chi connectivity index (χ0v) is 15.6. The third-order valence-electron chi connectivity index (χ3n) is 4.43. The second-order valence-electron chi connectivity index (χ2n) is 6.61. The Morgan fingerprint density at radius 3 is 2.65 bits per heavy atom. The van der Waals surface area contributed by atoms with Crippen LogP contribution in [-0.2, 0) is 28.4 Å². The van der Waals surface area contributed by atoms with Crippen molar-refractivity contribution in [3.05, 3.63) is 47.8 Å². The van der Waals surface area contributed by atoms with Gasteiger partial charge in [0.25, 0.3) is 0 Å². The average molecular weight is 377 g/mol. The van der Waals surface area contributed by atoms with E-state index in [1.54, 1.807) is 28.9 Å². The first-order valence-electron chi connectivity index (χ1n) is 8.35. The number of benzene rings is 1. The van der Waals surface area contributed by atoms with Crippen molar-refractivity contribution < 1.29 is 13.2 Å². The van der Waals surface area contributed by atoms with E-state index in [0.29, 0.717) is 18.8 Å². The van der Waals surface area contributed by atoms with Crippen LogP contribution in [0.3, 0.4) is 0 Å². The van der Waals surface area contributed by atoms with Crippen molar-refractivity contribution in [2.45, 2.75) is 12.5 Å². The molecule has 140 valence electrons. The van der Waals surface area contributed by atoms with Crippen molar-refractivity contribution in [3.63, 3.8) is 0 Å². The summed E-state index contributed by atoms with van der Waals surface area (Å²) < 4.78 is 26.6. The molecule has 0 radical (unpaired) electrons. The van der Waals surface area contributed by atoms with Crippen LogP contribution in [0.5, 0.6) is 0 Å². The van der Waals surface area contributed by atoms with E-state index in [4.69, 9.17) is 0 Å². The van der Waals surface area contributed by atoms with Crippen LogP contribution < -0.4 is 15.4 Å². The molecule has 1 aliphatic heterocycles. The van der Waals surface area contributed by atoms with Crippen molar-refractivity contribution in [1.82, 2.24) is 20.4 Å². The molecule has 2 heterocycles. The van der Waals surface area contributed by atoms with E-state index in [0.717, 1.165) is 23.9 Å². The zero-order valence-electron chi connectivity index (χ0n) is 14.8. The molecule has 1 aromatic heterocycles. The smallest absolute Gasteiger partial charge is 0.229 e. The molecule has 1 aliphatic rings. The fraction of sp³-hybridized carbons (Fsp3) is 0.412. The van der Waals surface area contributed by atoms with Crippen molar-refractivity contribution in [3.8, 4) is 0 Å². The number of sulfonamides is 1. The number of aryl methyl sites for hydroxylation is 1. The molecule has 9 heteroatoms. The second-order valence-corrected chi connectivity index (χ2v) is 8.36. The first kappa shape index (κ1) is 18.4. The van der Waals surface area contributed by atoms with Gasteiger partial charge in [-0.25, -0.2) is 8.42 Å². The van der Waals surface area contributed by atoms with Gasteiger partial charge in [0.2, 0.25) is 15.9 Å². The van der Waals surface area contributed by atoms with Gasteiger partial charge in [-0.2, -0.15) is 5.10 Å². The Kier molecular flexibility index (Phi) is 5.28. The van der Waals surface area contributed by atoms with Gasteiger partial charge in [-0.15, -0.1) is 0 Å². The van der Waals surface area contributed by atoms with Crippen LogP contribution in [0.4, 0.5) is 5.69 Å². The molecule has 0 unspecified atom stereocenters. The number of carbonyl (C=O) groups is 1. The normalized spacial score (nSPS) is 20.1. The summed E-state index contributed by atoms with van der Waals surface area (Å²) in [5.74, 6) is -0.0161. The third-order valence-corrected chi connectivity index (χ3v) is 5.03. The van der Waals surface area contributed by atoms with E-state index in [1.165, 1.54) is 0 Å². The number of aromatic nitrogens is 2. The molecule has 1 aromatic carbocycles. The van der Waals surface area contributed by atoms with Crippen molar-refractivity contribution in [1.29, 1.82) is 0 Å². The summed E-state index contributed by atoms with van der Waals surface area (Å²) in [7, 11) is -1.43. The molecular formula is C17H23N5O3S. The average Bonchev–Trinajstić information content (AvgIpc) is 3.21. The summed E-state index contributed by atoms with van der Waals surface area (Å²) in [5, 5.41) is 10.4. The predicted molar refractivity (Wildman–Crippen MR) is 99.1 cm³/mol. The molecule has 1 saturated heterocycles. The predicted octanol–water partition coefficient (Wildman–Crippen LogP) is 0.411. The highest BCUT2D eigenvalue weighted by Gasteiger charge is 2.34. The van der Waals surface area contributed by atoms with Gasteiger partial charge in [0.1, 0.15) is 0 Å². The number of hydrogen-bond acceptors (Lipinski definition) is 5. The van der Waals surface area contributed by atoms with Crippen LogP contribution in [0.15, 0.2) is 36.7 Å². The van der Waals surface area contributed by atoms with E-state index in [9.17, 15) is 13.2 Å². The second kappa shape index (κ2) is 7.46. The number of carbonyl (C=O) groups excluding carboxylic acids is 1. The maximum atomic E-state index is 12.6.